The third kappa shape index (κ3) is 6.41. The second kappa shape index (κ2) is 10.8. The molecule has 4 N–H and O–H groups in total. The zero-order valence-electron chi connectivity index (χ0n) is 17.6. The van der Waals surface area contributed by atoms with E-state index in [2.05, 4.69) is 10.3 Å². The first-order valence-electron chi connectivity index (χ1n) is 9.33. The Morgan fingerprint density at radius 2 is 2.16 bits per heavy atom. The van der Waals surface area contributed by atoms with Crippen LogP contribution >= 0.6 is 22.9 Å². The summed E-state index contributed by atoms with van der Waals surface area (Å²) in [5, 5.41) is 10.6. The maximum absolute atomic E-state index is 14.3. The van der Waals surface area contributed by atoms with Crippen LogP contribution in [-0.2, 0) is 21.4 Å². The number of aliphatic imine (C=N–C) groups is 1. The molecule has 31 heavy (non-hydrogen) atoms. The molecule has 0 aliphatic rings. The molecule has 1 aromatic carbocycles. The molecule has 7 nitrogen and oxygen atoms in total. The molecule has 0 aliphatic heterocycles. The highest BCUT2D eigenvalue weighted by Gasteiger charge is 2.33. The van der Waals surface area contributed by atoms with Gasteiger partial charge in [-0.15, -0.1) is 11.3 Å². The third-order valence-electron chi connectivity index (χ3n) is 4.60. The number of ether oxygens (including phenoxy) is 1. The van der Waals surface area contributed by atoms with Crippen molar-refractivity contribution in [1.29, 1.82) is 5.41 Å². The minimum absolute atomic E-state index is 0.0592. The van der Waals surface area contributed by atoms with Gasteiger partial charge in [0.1, 0.15) is 5.82 Å². The first-order chi connectivity index (χ1) is 14.5. The number of rotatable bonds is 9. The maximum atomic E-state index is 14.3. The van der Waals surface area contributed by atoms with E-state index in [1.54, 1.807) is 19.1 Å². The van der Waals surface area contributed by atoms with Crippen LogP contribution in [0.15, 0.2) is 29.3 Å². The van der Waals surface area contributed by atoms with Gasteiger partial charge >= 0.3 is 0 Å². The molecule has 3 atom stereocenters. The van der Waals surface area contributed by atoms with E-state index in [1.807, 2.05) is 13.8 Å². The fraction of sp³-hybridized carbons (Fsp3) is 0.400. The Morgan fingerprint density at radius 1 is 1.48 bits per heavy atom. The van der Waals surface area contributed by atoms with Crippen molar-refractivity contribution in [3.05, 3.63) is 45.5 Å². The summed E-state index contributed by atoms with van der Waals surface area (Å²) in [5.74, 6) is -0.600. The number of halogens is 2. The van der Waals surface area contributed by atoms with E-state index < -0.39 is 28.6 Å². The van der Waals surface area contributed by atoms with Crippen molar-refractivity contribution in [2.24, 2.45) is 16.6 Å². The van der Waals surface area contributed by atoms with Gasteiger partial charge in [-0.3, -0.25) is 19.9 Å². The largest absolute Gasteiger partial charge is 0.772 e. The molecule has 0 amide bonds. The van der Waals surface area contributed by atoms with Crippen LogP contribution in [0.5, 0.6) is 0 Å². The molecule has 0 fully saturated rings. The van der Waals surface area contributed by atoms with Gasteiger partial charge in [-0.25, -0.2) is 4.39 Å². The van der Waals surface area contributed by atoms with E-state index in [-0.39, 0.29) is 17.6 Å². The Hall–Kier alpha value is -1.69. The summed E-state index contributed by atoms with van der Waals surface area (Å²) >= 11 is 5.39. The molecule has 0 saturated heterocycles. The monoisotopic (exact) mass is 487 g/mol. The molecule has 11 heteroatoms. The quantitative estimate of drug-likeness (QED) is 0.214. The molecular weight excluding hydrogens is 463 g/mol. The van der Waals surface area contributed by atoms with Crippen LogP contribution in [0.25, 0.3) is 10.4 Å². The van der Waals surface area contributed by atoms with Gasteiger partial charge in [0, 0.05) is 28.1 Å². The summed E-state index contributed by atoms with van der Waals surface area (Å²) < 4.78 is 42.5. The second-order valence-electron chi connectivity index (χ2n) is 7.48. The highest BCUT2D eigenvalue weighted by molar-refractivity contribution is 7.79. The number of nitrogens with two attached hydrogens (primary N) is 1. The summed E-state index contributed by atoms with van der Waals surface area (Å²) in [6.07, 6.45) is 0.253. The van der Waals surface area contributed by atoms with Crippen molar-refractivity contribution in [3.63, 3.8) is 0 Å². The number of hydrogen-bond donors (Lipinski definition) is 3. The molecule has 0 saturated carbocycles. The van der Waals surface area contributed by atoms with Crippen molar-refractivity contribution in [2.45, 2.75) is 32.5 Å². The summed E-state index contributed by atoms with van der Waals surface area (Å²) in [6, 6.07) is 5.91. The first-order valence-corrected chi connectivity index (χ1v) is 11.8. The normalized spacial score (nSPS) is 16.1. The predicted octanol–water partition coefficient (Wildman–Crippen LogP) is 3.83. The average Bonchev–Trinajstić information content (AvgIpc) is 3.07. The topological polar surface area (TPSA) is 124 Å². The lowest BCUT2D eigenvalue weighted by atomic mass is 10.00. The van der Waals surface area contributed by atoms with Gasteiger partial charge in [0.2, 0.25) is 5.90 Å². The summed E-state index contributed by atoms with van der Waals surface area (Å²) in [4.78, 5) is 5.14. The van der Waals surface area contributed by atoms with Gasteiger partial charge < -0.3 is 15.0 Å². The lowest BCUT2D eigenvalue weighted by Crippen LogP contribution is -2.54. The fourth-order valence-corrected chi connectivity index (χ4v) is 5.42. The van der Waals surface area contributed by atoms with E-state index in [1.165, 1.54) is 30.5 Å². The van der Waals surface area contributed by atoms with Gasteiger partial charge in [0.05, 0.1) is 16.7 Å². The molecule has 0 aliphatic carbocycles. The molecule has 0 spiro atoms. The van der Waals surface area contributed by atoms with Crippen molar-refractivity contribution < 1.29 is 17.9 Å². The number of nitrogens with one attached hydrogen (secondary N) is 2. The third-order valence-corrected chi connectivity index (χ3v) is 7.27. The molecule has 2 aromatic rings. The van der Waals surface area contributed by atoms with Crippen LogP contribution in [0.4, 0.5) is 4.39 Å². The van der Waals surface area contributed by atoms with Crippen molar-refractivity contribution in [1.82, 2.24) is 5.32 Å². The number of hydrogen-bond acceptors (Lipinski definition) is 8. The molecule has 1 heterocycles. The Balaban J connectivity index is 2.54. The highest BCUT2D eigenvalue weighted by atomic mass is 35.5. The standard InChI is InChI=1S/C20H26ClFN4O3S2/c1-11(2)18(24)26-20(3,9-31(27)28)17-15(21)8-16(30-17)12-5-13(7-14(22)6-12)19(25-4)29-10-23/h5-8,10-11,18,23,26H,9,24H2,1-4H3,(H,27,28)/p-1/t18?,20-/m0/s1. The van der Waals surface area contributed by atoms with E-state index in [0.29, 0.717) is 32.3 Å². The van der Waals surface area contributed by atoms with Gasteiger partial charge in [0.15, 0.2) is 6.40 Å². The molecule has 2 unspecified atom stereocenters. The van der Waals surface area contributed by atoms with Crippen LogP contribution in [-0.4, -0.2) is 40.0 Å². The van der Waals surface area contributed by atoms with Crippen molar-refractivity contribution in [2.75, 3.05) is 12.8 Å². The number of nitrogens with zero attached hydrogens (tertiary/aromatic N) is 1. The molecule has 170 valence electrons. The Bertz CT molecular complexity index is 999. The van der Waals surface area contributed by atoms with Gasteiger partial charge in [-0.1, -0.05) is 36.5 Å². The predicted molar refractivity (Wildman–Crippen MR) is 124 cm³/mol. The Kier molecular flexibility index (Phi) is 8.87. The van der Waals surface area contributed by atoms with E-state index in [9.17, 15) is 13.2 Å². The summed E-state index contributed by atoms with van der Waals surface area (Å²) in [6.45, 7) is 5.57. The van der Waals surface area contributed by atoms with Crippen LogP contribution < -0.4 is 11.1 Å². The Morgan fingerprint density at radius 3 is 2.71 bits per heavy atom. The minimum Gasteiger partial charge on any atom is -0.772 e. The smallest absolute Gasteiger partial charge is 0.223 e. The van der Waals surface area contributed by atoms with E-state index in [0.717, 1.165) is 0 Å². The van der Waals surface area contributed by atoms with Gasteiger partial charge in [-0.05, 0) is 42.7 Å². The molecular formula is C20H25ClFN4O3S2-. The van der Waals surface area contributed by atoms with Crippen molar-refractivity contribution >= 4 is 46.3 Å². The van der Waals surface area contributed by atoms with Crippen molar-refractivity contribution in [3.8, 4) is 10.4 Å². The SMILES string of the molecule is CN=C(OC=N)c1cc(F)cc(-c2cc(Cl)c([C@](C)(CS(=O)[O-])NC(N)C(C)C)s2)c1. The second-order valence-corrected chi connectivity index (χ2v) is 9.83. The van der Waals surface area contributed by atoms with Gasteiger partial charge in [-0.2, -0.15) is 0 Å². The van der Waals surface area contributed by atoms with Crippen LogP contribution in [0.1, 0.15) is 31.2 Å². The molecule has 0 radical (unpaired) electrons. The lowest BCUT2D eigenvalue weighted by Gasteiger charge is -2.35. The zero-order chi connectivity index (χ0) is 23.3. The minimum atomic E-state index is -2.36. The van der Waals surface area contributed by atoms with E-state index in [4.69, 9.17) is 27.5 Å². The zero-order valence-corrected chi connectivity index (χ0v) is 20.0. The van der Waals surface area contributed by atoms with Crippen LogP contribution in [0.2, 0.25) is 5.02 Å². The summed E-state index contributed by atoms with van der Waals surface area (Å²) in [5.41, 5.74) is 5.99. The maximum Gasteiger partial charge on any atom is 0.223 e. The van der Waals surface area contributed by atoms with Crippen LogP contribution in [0.3, 0.4) is 0 Å². The molecule has 2 rings (SSSR count). The number of benzene rings is 1. The highest BCUT2D eigenvalue weighted by Crippen LogP contribution is 2.41. The average molecular weight is 488 g/mol. The number of thiophene rings is 1. The first kappa shape index (κ1) is 25.6. The Labute approximate surface area is 192 Å². The van der Waals surface area contributed by atoms with E-state index >= 15 is 0 Å². The van der Waals surface area contributed by atoms with Gasteiger partial charge in [0.25, 0.3) is 0 Å². The lowest BCUT2D eigenvalue weighted by molar-refractivity contribution is 0.298. The summed E-state index contributed by atoms with van der Waals surface area (Å²) in [7, 11) is 1.47. The molecule has 0 bridgehead atoms. The van der Waals surface area contributed by atoms with Crippen LogP contribution in [0, 0.1) is 17.1 Å². The molecule has 1 aromatic heterocycles. The fourth-order valence-electron chi connectivity index (χ4n) is 2.99.